The topological polar surface area (TPSA) is 92.8 Å². The average Bonchev–Trinajstić information content (AvgIpc) is 2.83. The Morgan fingerprint density at radius 1 is 0.889 bits per heavy atom. The van der Waals surface area contributed by atoms with E-state index in [2.05, 4.69) is 0 Å². The first-order valence-electron chi connectivity index (χ1n) is 11.5. The summed E-state index contributed by atoms with van der Waals surface area (Å²) in [7, 11) is 6.10. The van der Waals surface area contributed by atoms with Gasteiger partial charge in [-0.3, -0.25) is 4.79 Å². The average molecular weight is 502 g/mol. The number of ether oxygens (including phenoxy) is 6. The number of β-lactam (4-membered cyclic amide) rings is 1. The van der Waals surface area contributed by atoms with Gasteiger partial charge in [-0.25, -0.2) is 4.79 Å². The second-order valence-electron chi connectivity index (χ2n) is 9.97. The first-order chi connectivity index (χ1) is 16.9. The highest BCUT2D eigenvalue weighted by molar-refractivity contribution is 6.06. The Balaban J connectivity index is 1.98. The molecule has 0 aromatic heterocycles. The molecule has 1 heterocycles. The molecule has 9 heteroatoms. The minimum absolute atomic E-state index is 0.0613. The van der Waals surface area contributed by atoms with Crippen LogP contribution in [0.1, 0.15) is 46.2 Å². The molecule has 1 amide bonds. The molecule has 0 aliphatic carbocycles. The molecule has 2 aromatic rings. The standard InChI is InChI=1S/C27H35NO8/c1-26(2,3)36-22(29)15-35-19-12-16(10-11-18(19)31-6)24-27(4,5)25(30)28(24)17-13-20(32-7)23(34-9)21(14-17)33-8/h10-14,24H,15H2,1-9H3. The fraction of sp³-hybridized carbons (Fsp3) is 0.481. The predicted molar refractivity (Wildman–Crippen MR) is 134 cm³/mol. The van der Waals surface area contributed by atoms with Crippen molar-refractivity contribution in [3.8, 4) is 28.7 Å². The van der Waals surface area contributed by atoms with Crippen molar-refractivity contribution in [3.63, 3.8) is 0 Å². The summed E-state index contributed by atoms with van der Waals surface area (Å²) in [6, 6.07) is 8.57. The van der Waals surface area contributed by atoms with Gasteiger partial charge in [0, 0.05) is 12.1 Å². The van der Waals surface area contributed by atoms with Crippen molar-refractivity contribution in [1.29, 1.82) is 0 Å². The molecular formula is C27H35NO8. The smallest absolute Gasteiger partial charge is 0.344 e. The molecule has 196 valence electrons. The Labute approximate surface area is 212 Å². The summed E-state index contributed by atoms with van der Waals surface area (Å²) in [4.78, 5) is 27.2. The van der Waals surface area contributed by atoms with Crippen LogP contribution in [0, 0.1) is 5.41 Å². The lowest BCUT2D eigenvalue weighted by atomic mass is 9.70. The van der Waals surface area contributed by atoms with Gasteiger partial charge in [0.15, 0.2) is 29.6 Å². The van der Waals surface area contributed by atoms with Gasteiger partial charge in [0.05, 0.1) is 45.6 Å². The van der Waals surface area contributed by atoms with Crippen LogP contribution in [0.2, 0.25) is 0 Å². The van der Waals surface area contributed by atoms with Crippen molar-refractivity contribution < 1.29 is 38.0 Å². The number of methoxy groups -OCH3 is 4. The van der Waals surface area contributed by atoms with E-state index in [9.17, 15) is 9.59 Å². The van der Waals surface area contributed by atoms with E-state index in [1.807, 2.05) is 19.9 Å². The number of esters is 1. The summed E-state index contributed by atoms with van der Waals surface area (Å²) in [6.07, 6.45) is 0. The zero-order valence-corrected chi connectivity index (χ0v) is 22.4. The Morgan fingerprint density at radius 3 is 1.97 bits per heavy atom. The van der Waals surface area contributed by atoms with E-state index >= 15 is 0 Å². The molecule has 9 nitrogen and oxygen atoms in total. The quantitative estimate of drug-likeness (QED) is 0.365. The van der Waals surface area contributed by atoms with Crippen molar-refractivity contribution >= 4 is 17.6 Å². The zero-order chi connectivity index (χ0) is 26.8. The molecule has 1 unspecified atom stereocenters. The molecule has 0 N–H and O–H groups in total. The number of carbonyl (C=O) groups is 2. The lowest BCUT2D eigenvalue weighted by Gasteiger charge is -2.53. The molecule has 1 atom stereocenters. The molecule has 1 aliphatic heterocycles. The molecule has 1 saturated heterocycles. The molecular weight excluding hydrogens is 466 g/mol. The van der Waals surface area contributed by atoms with Crippen LogP contribution in [0.15, 0.2) is 30.3 Å². The van der Waals surface area contributed by atoms with Crippen molar-refractivity contribution in [2.24, 2.45) is 5.41 Å². The van der Waals surface area contributed by atoms with E-state index < -0.39 is 17.0 Å². The fourth-order valence-electron chi connectivity index (χ4n) is 4.32. The highest BCUT2D eigenvalue weighted by atomic mass is 16.6. The maximum atomic E-state index is 13.3. The van der Waals surface area contributed by atoms with Crippen LogP contribution in [-0.4, -0.2) is 52.5 Å². The van der Waals surface area contributed by atoms with E-state index in [1.165, 1.54) is 28.4 Å². The summed E-state index contributed by atoms with van der Waals surface area (Å²) >= 11 is 0. The van der Waals surface area contributed by atoms with E-state index in [0.717, 1.165) is 5.56 Å². The van der Waals surface area contributed by atoms with Crippen molar-refractivity contribution in [2.45, 2.75) is 46.3 Å². The van der Waals surface area contributed by atoms with Crippen LogP contribution in [0.4, 0.5) is 5.69 Å². The van der Waals surface area contributed by atoms with E-state index in [0.29, 0.717) is 34.4 Å². The largest absolute Gasteiger partial charge is 0.493 e. The molecule has 1 fully saturated rings. The number of nitrogens with zero attached hydrogens (tertiary/aromatic N) is 1. The minimum Gasteiger partial charge on any atom is -0.493 e. The van der Waals surface area contributed by atoms with Gasteiger partial charge in [-0.15, -0.1) is 0 Å². The van der Waals surface area contributed by atoms with Crippen molar-refractivity contribution in [2.75, 3.05) is 39.9 Å². The summed E-state index contributed by atoms with van der Waals surface area (Å²) in [6.45, 7) is 8.87. The number of benzene rings is 2. The number of amides is 1. The molecule has 0 radical (unpaired) electrons. The molecule has 3 rings (SSSR count). The molecule has 0 bridgehead atoms. The van der Waals surface area contributed by atoms with Crippen LogP contribution in [0.3, 0.4) is 0 Å². The number of anilines is 1. The van der Waals surface area contributed by atoms with Gasteiger partial charge in [0.1, 0.15) is 5.60 Å². The summed E-state index contributed by atoms with van der Waals surface area (Å²) in [5.41, 5.74) is 0.0976. The molecule has 36 heavy (non-hydrogen) atoms. The Morgan fingerprint density at radius 2 is 1.47 bits per heavy atom. The van der Waals surface area contributed by atoms with Crippen LogP contribution in [-0.2, 0) is 14.3 Å². The van der Waals surface area contributed by atoms with Crippen LogP contribution in [0.5, 0.6) is 28.7 Å². The Kier molecular flexibility index (Phi) is 7.62. The van der Waals surface area contributed by atoms with E-state index in [-0.39, 0.29) is 18.6 Å². The van der Waals surface area contributed by atoms with Crippen molar-refractivity contribution in [3.05, 3.63) is 35.9 Å². The van der Waals surface area contributed by atoms with Crippen LogP contribution >= 0.6 is 0 Å². The maximum absolute atomic E-state index is 13.3. The third-order valence-corrected chi connectivity index (χ3v) is 5.91. The van der Waals surface area contributed by atoms with E-state index in [4.69, 9.17) is 28.4 Å². The van der Waals surface area contributed by atoms with Gasteiger partial charge in [0.2, 0.25) is 11.7 Å². The van der Waals surface area contributed by atoms with Crippen LogP contribution in [0.25, 0.3) is 0 Å². The van der Waals surface area contributed by atoms with Gasteiger partial charge in [-0.1, -0.05) is 6.07 Å². The number of rotatable bonds is 9. The maximum Gasteiger partial charge on any atom is 0.344 e. The highest BCUT2D eigenvalue weighted by Crippen LogP contribution is 2.54. The van der Waals surface area contributed by atoms with Gasteiger partial charge < -0.3 is 33.3 Å². The van der Waals surface area contributed by atoms with Crippen molar-refractivity contribution in [1.82, 2.24) is 0 Å². The third kappa shape index (κ3) is 5.15. The third-order valence-electron chi connectivity index (χ3n) is 5.91. The second-order valence-corrected chi connectivity index (χ2v) is 9.97. The highest BCUT2D eigenvalue weighted by Gasteiger charge is 2.55. The summed E-state index contributed by atoms with van der Waals surface area (Å²) in [5, 5.41) is 0. The lowest BCUT2D eigenvalue weighted by molar-refractivity contribution is -0.157. The lowest BCUT2D eigenvalue weighted by Crippen LogP contribution is -2.61. The normalized spacial score (nSPS) is 16.6. The van der Waals surface area contributed by atoms with Crippen LogP contribution < -0.4 is 28.6 Å². The number of hydrogen-bond donors (Lipinski definition) is 0. The van der Waals surface area contributed by atoms with Gasteiger partial charge >= 0.3 is 5.97 Å². The first-order valence-corrected chi connectivity index (χ1v) is 11.5. The van der Waals surface area contributed by atoms with Gasteiger partial charge in [-0.05, 0) is 52.3 Å². The van der Waals surface area contributed by atoms with Gasteiger partial charge in [-0.2, -0.15) is 0 Å². The monoisotopic (exact) mass is 501 g/mol. The summed E-state index contributed by atoms with van der Waals surface area (Å²) < 4.78 is 32.9. The number of carbonyl (C=O) groups excluding carboxylic acids is 2. The number of hydrogen-bond acceptors (Lipinski definition) is 8. The Bertz CT molecular complexity index is 1110. The predicted octanol–water partition coefficient (Wildman–Crippen LogP) is 4.56. The Hall–Kier alpha value is -3.62. The molecule has 2 aromatic carbocycles. The molecule has 0 spiro atoms. The SMILES string of the molecule is COc1ccc(C2N(c3cc(OC)c(OC)c(OC)c3)C(=O)C2(C)C)cc1OCC(=O)OC(C)(C)C. The fourth-order valence-corrected chi connectivity index (χ4v) is 4.32. The molecule has 0 saturated carbocycles. The first kappa shape index (κ1) is 27.0. The zero-order valence-electron chi connectivity index (χ0n) is 22.4. The van der Waals surface area contributed by atoms with E-state index in [1.54, 1.807) is 49.9 Å². The van der Waals surface area contributed by atoms with Gasteiger partial charge in [0.25, 0.3) is 0 Å². The minimum atomic E-state index is -0.697. The summed E-state index contributed by atoms with van der Waals surface area (Å²) in [5.74, 6) is 1.61. The molecule has 1 aliphatic rings. The second kappa shape index (κ2) is 10.2.